The number of carboxylic acids is 1. The Morgan fingerprint density at radius 3 is 2.44 bits per heavy atom. The third-order valence-electron chi connectivity index (χ3n) is 5.26. The number of benzene rings is 1. The topological polar surface area (TPSA) is 66.8 Å². The number of hydrogen-bond donors (Lipinski definition) is 1. The van der Waals surface area contributed by atoms with Crippen molar-refractivity contribution in [2.75, 3.05) is 19.7 Å². The molecule has 1 aliphatic heterocycles. The van der Waals surface area contributed by atoms with Crippen LogP contribution in [0.25, 0.3) is 0 Å². The summed E-state index contributed by atoms with van der Waals surface area (Å²) < 4.78 is 5.68. The van der Waals surface area contributed by atoms with Gasteiger partial charge in [-0.1, -0.05) is 13.8 Å². The normalized spacial score (nSPS) is 23.1. The van der Waals surface area contributed by atoms with E-state index in [1.165, 1.54) is 0 Å². The molecule has 0 radical (unpaired) electrons. The molecule has 2 fully saturated rings. The van der Waals surface area contributed by atoms with Gasteiger partial charge in [0, 0.05) is 18.7 Å². The number of nitrogens with zero attached hydrogens (tertiary/aromatic N) is 1. The van der Waals surface area contributed by atoms with Crippen LogP contribution in [0.2, 0.25) is 0 Å². The lowest BCUT2D eigenvalue weighted by Gasteiger charge is -2.16. The van der Waals surface area contributed by atoms with E-state index in [1.807, 2.05) is 12.1 Å². The summed E-state index contributed by atoms with van der Waals surface area (Å²) in [4.78, 5) is 25.9. The molecule has 0 aromatic heterocycles. The summed E-state index contributed by atoms with van der Waals surface area (Å²) in [6.07, 6.45) is 3.19. The molecule has 0 unspecified atom stereocenters. The molecule has 1 saturated carbocycles. The van der Waals surface area contributed by atoms with E-state index in [9.17, 15) is 14.7 Å². The van der Waals surface area contributed by atoms with Gasteiger partial charge in [0.2, 0.25) is 0 Å². The molecule has 1 amide bonds. The van der Waals surface area contributed by atoms with Gasteiger partial charge in [-0.05, 0) is 61.3 Å². The Bertz CT molecular complexity index is 621. The minimum absolute atomic E-state index is 0.0804. The van der Waals surface area contributed by atoms with E-state index in [0.29, 0.717) is 37.1 Å². The zero-order valence-corrected chi connectivity index (χ0v) is 15.0. The maximum atomic E-state index is 12.7. The maximum Gasteiger partial charge on any atom is 0.308 e. The van der Waals surface area contributed by atoms with Gasteiger partial charge in [0.15, 0.2) is 0 Å². The standard InChI is InChI=1S/C20H27NO4/c1-13(2)9-10-25-16-7-5-15(6-8-16)19(22)21-11-17(14-3-4-14)18(12-21)20(23)24/h5-8,13-14,17-18H,3-4,9-12H2,1-2H3,(H,23,24)/t17-,18+/m1/s1. The summed E-state index contributed by atoms with van der Waals surface area (Å²) in [7, 11) is 0. The van der Waals surface area contributed by atoms with Gasteiger partial charge in [0.05, 0.1) is 12.5 Å². The molecule has 3 rings (SSSR count). The van der Waals surface area contributed by atoms with Gasteiger partial charge in [-0.15, -0.1) is 0 Å². The molecule has 0 spiro atoms. The SMILES string of the molecule is CC(C)CCOc1ccc(C(=O)N2C[C@H](C(=O)O)[C@@H](C3CC3)C2)cc1. The maximum absolute atomic E-state index is 12.7. The Labute approximate surface area is 149 Å². The molecule has 1 heterocycles. The average molecular weight is 345 g/mol. The van der Waals surface area contributed by atoms with Crippen LogP contribution >= 0.6 is 0 Å². The van der Waals surface area contributed by atoms with Crippen LogP contribution in [0.5, 0.6) is 5.75 Å². The highest BCUT2D eigenvalue weighted by Crippen LogP contribution is 2.44. The van der Waals surface area contributed by atoms with Gasteiger partial charge in [-0.25, -0.2) is 0 Å². The van der Waals surface area contributed by atoms with E-state index in [0.717, 1.165) is 25.0 Å². The fraction of sp³-hybridized carbons (Fsp3) is 0.600. The van der Waals surface area contributed by atoms with Crippen LogP contribution in [0.15, 0.2) is 24.3 Å². The van der Waals surface area contributed by atoms with Crippen LogP contribution in [-0.2, 0) is 4.79 Å². The first-order valence-electron chi connectivity index (χ1n) is 9.20. The molecule has 136 valence electrons. The summed E-state index contributed by atoms with van der Waals surface area (Å²) in [5, 5.41) is 9.43. The molecule has 2 atom stereocenters. The summed E-state index contributed by atoms with van der Waals surface area (Å²) in [6, 6.07) is 7.17. The number of carbonyl (C=O) groups excluding carboxylic acids is 1. The summed E-state index contributed by atoms with van der Waals surface area (Å²) in [5.74, 6) is 0.672. The van der Waals surface area contributed by atoms with Gasteiger partial charge in [0.1, 0.15) is 5.75 Å². The smallest absolute Gasteiger partial charge is 0.308 e. The van der Waals surface area contributed by atoms with E-state index in [1.54, 1.807) is 17.0 Å². The zero-order valence-electron chi connectivity index (χ0n) is 15.0. The third kappa shape index (κ3) is 4.33. The highest BCUT2D eigenvalue weighted by molar-refractivity contribution is 5.95. The first-order valence-corrected chi connectivity index (χ1v) is 9.20. The van der Waals surface area contributed by atoms with E-state index >= 15 is 0 Å². The van der Waals surface area contributed by atoms with E-state index < -0.39 is 11.9 Å². The number of rotatable bonds is 7. The quantitative estimate of drug-likeness (QED) is 0.823. The zero-order chi connectivity index (χ0) is 18.0. The van der Waals surface area contributed by atoms with Crippen molar-refractivity contribution in [1.29, 1.82) is 0 Å². The molecule has 5 heteroatoms. The van der Waals surface area contributed by atoms with Gasteiger partial charge in [0.25, 0.3) is 5.91 Å². The van der Waals surface area contributed by atoms with Gasteiger partial charge >= 0.3 is 5.97 Å². The van der Waals surface area contributed by atoms with E-state index in [4.69, 9.17) is 4.74 Å². The lowest BCUT2D eigenvalue weighted by atomic mass is 9.92. The molecular weight excluding hydrogens is 318 g/mol. The fourth-order valence-corrected chi connectivity index (χ4v) is 3.55. The first-order chi connectivity index (χ1) is 12.0. The number of ether oxygens (including phenoxy) is 1. The Kier molecular flexibility index (Phi) is 5.30. The molecule has 2 aliphatic rings. The van der Waals surface area contributed by atoms with Crippen LogP contribution in [0, 0.1) is 23.7 Å². The van der Waals surface area contributed by atoms with Crippen molar-refractivity contribution in [3.8, 4) is 5.75 Å². The number of likely N-dealkylation sites (tertiary alicyclic amines) is 1. The van der Waals surface area contributed by atoms with Crippen LogP contribution in [-0.4, -0.2) is 41.6 Å². The minimum Gasteiger partial charge on any atom is -0.494 e. The molecule has 1 aromatic carbocycles. The molecule has 0 bridgehead atoms. The molecule has 1 N–H and O–H groups in total. The van der Waals surface area contributed by atoms with Crippen molar-refractivity contribution in [2.45, 2.75) is 33.1 Å². The van der Waals surface area contributed by atoms with Crippen molar-refractivity contribution in [1.82, 2.24) is 4.90 Å². The van der Waals surface area contributed by atoms with Crippen molar-refractivity contribution >= 4 is 11.9 Å². The summed E-state index contributed by atoms with van der Waals surface area (Å²) in [5.41, 5.74) is 0.594. The number of aliphatic carboxylic acids is 1. The van der Waals surface area contributed by atoms with Gasteiger partial charge in [-0.2, -0.15) is 0 Å². The van der Waals surface area contributed by atoms with Crippen molar-refractivity contribution in [2.24, 2.45) is 23.7 Å². The Morgan fingerprint density at radius 2 is 1.88 bits per heavy atom. The molecule has 25 heavy (non-hydrogen) atoms. The van der Waals surface area contributed by atoms with Crippen molar-refractivity contribution in [3.05, 3.63) is 29.8 Å². The molecular formula is C20H27NO4. The second-order valence-corrected chi connectivity index (χ2v) is 7.71. The Balaban J connectivity index is 1.60. The molecule has 1 saturated heterocycles. The largest absolute Gasteiger partial charge is 0.494 e. The first kappa shape index (κ1) is 17.8. The van der Waals surface area contributed by atoms with Crippen LogP contribution in [0.3, 0.4) is 0 Å². The fourth-order valence-electron chi connectivity index (χ4n) is 3.55. The monoisotopic (exact) mass is 345 g/mol. The van der Waals surface area contributed by atoms with E-state index in [2.05, 4.69) is 13.8 Å². The summed E-state index contributed by atoms with van der Waals surface area (Å²) >= 11 is 0. The van der Waals surface area contributed by atoms with Crippen molar-refractivity contribution in [3.63, 3.8) is 0 Å². The highest BCUT2D eigenvalue weighted by atomic mass is 16.5. The van der Waals surface area contributed by atoms with Crippen LogP contribution in [0.4, 0.5) is 0 Å². The summed E-state index contributed by atoms with van der Waals surface area (Å²) in [6.45, 7) is 5.86. The highest BCUT2D eigenvalue weighted by Gasteiger charge is 2.46. The van der Waals surface area contributed by atoms with Crippen LogP contribution < -0.4 is 4.74 Å². The van der Waals surface area contributed by atoms with Crippen LogP contribution in [0.1, 0.15) is 43.5 Å². The lowest BCUT2D eigenvalue weighted by Crippen LogP contribution is -2.29. The van der Waals surface area contributed by atoms with Gasteiger partial charge in [-0.3, -0.25) is 9.59 Å². The number of hydrogen-bond acceptors (Lipinski definition) is 3. The average Bonchev–Trinajstić information content (AvgIpc) is 3.32. The second kappa shape index (κ2) is 7.46. The molecule has 1 aromatic rings. The van der Waals surface area contributed by atoms with E-state index in [-0.39, 0.29) is 11.8 Å². The second-order valence-electron chi connectivity index (χ2n) is 7.71. The molecule has 1 aliphatic carbocycles. The number of amides is 1. The Hall–Kier alpha value is -2.04. The van der Waals surface area contributed by atoms with Crippen molar-refractivity contribution < 1.29 is 19.4 Å². The van der Waals surface area contributed by atoms with Gasteiger partial charge < -0.3 is 14.7 Å². The number of carbonyl (C=O) groups is 2. The predicted octanol–water partition coefficient (Wildman–Crippen LogP) is 3.29. The predicted molar refractivity (Wildman–Crippen MR) is 94.6 cm³/mol. The number of carboxylic acid groups (broad SMARTS) is 1. The minimum atomic E-state index is -0.777. The lowest BCUT2D eigenvalue weighted by molar-refractivity contribution is -0.142. The Morgan fingerprint density at radius 1 is 1.20 bits per heavy atom. The third-order valence-corrected chi connectivity index (χ3v) is 5.26. The molecule has 5 nitrogen and oxygen atoms in total.